The molecule has 0 amide bonds. The fourth-order valence-electron chi connectivity index (χ4n) is 3.14. The lowest BCUT2D eigenvalue weighted by molar-refractivity contribution is 0.304. The summed E-state index contributed by atoms with van der Waals surface area (Å²) in [6.07, 6.45) is 0. The Labute approximate surface area is 204 Å². The summed E-state index contributed by atoms with van der Waals surface area (Å²) in [4.78, 5) is 0. The lowest BCUT2D eigenvalue weighted by Gasteiger charge is -2.13. The van der Waals surface area contributed by atoms with Crippen LogP contribution in [0.2, 0.25) is 5.02 Å². The molecule has 4 rings (SSSR count). The van der Waals surface area contributed by atoms with Crippen LogP contribution in [0.3, 0.4) is 0 Å². The number of ether oxygens (including phenoxy) is 2. The number of para-hydroxylation sites is 1. The van der Waals surface area contributed by atoms with Gasteiger partial charge in [0.25, 0.3) is 0 Å². The van der Waals surface area contributed by atoms with Crippen molar-refractivity contribution in [3.05, 3.63) is 92.1 Å². The Hall–Kier alpha value is -2.81. The summed E-state index contributed by atoms with van der Waals surface area (Å²) in [5.41, 5.74) is 6.25. The van der Waals surface area contributed by atoms with Crippen LogP contribution < -0.4 is 14.9 Å². The van der Waals surface area contributed by atoms with Gasteiger partial charge >= 0.3 is 0 Å². The predicted octanol–water partition coefficient (Wildman–Crippen LogP) is 6.35. The van der Waals surface area contributed by atoms with Gasteiger partial charge in [0.15, 0.2) is 5.82 Å². The van der Waals surface area contributed by atoms with Crippen molar-refractivity contribution in [1.29, 1.82) is 0 Å². The van der Waals surface area contributed by atoms with E-state index in [0.29, 0.717) is 28.8 Å². The molecule has 0 spiro atoms. The number of hydrogen-bond donors (Lipinski definition) is 2. The summed E-state index contributed by atoms with van der Waals surface area (Å²) in [6, 6.07) is 21.2. The van der Waals surface area contributed by atoms with Gasteiger partial charge in [-0.3, -0.25) is 0 Å². The van der Waals surface area contributed by atoms with Gasteiger partial charge in [0, 0.05) is 5.02 Å². The summed E-state index contributed by atoms with van der Waals surface area (Å²) in [7, 11) is 1.63. The van der Waals surface area contributed by atoms with E-state index in [1.54, 1.807) is 11.8 Å². The van der Waals surface area contributed by atoms with Crippen LogP contribution in [-0.4, -0.2) is 22.0 Å². The van der Waals surface area contributed by atoms with Crippen molar-refractivity contribution in [2.75, 3.05) is 12.5 Å². The van der Waals surface area contributed by atoms with Crippen LogP contribution in [0.5, 0.6) is 11.5 Å². The molecule has 0 radical (unpaired) electrons. The van der Waals surface area contributed by atoms with Crippen LogP contribution in [0, 0.1) is 4.77 Å². The Morgan fingerprint density at radius 2 is 1.81 bits per heavy atom. The minimum atomic E-state index is 0.458. The Balaban J connectivity index is 1.46. The molecule has 164 valence electrons. The van der Waals surface area contributed by atoms with E-state index in [0.717, 1.165) is 32.7 Å². The minimum absolute atomic E-state index is 0.458. The molecule has 3 aromatic carbocycles. The van der Waals surface area contributed by atoms with Gasteiger partial charge in [-0.15, -0.1) is 0 Å². The zero-order chi connectivity index (χ0) is 22.5. The Morgan fingerprint density at radius 1 is 1.06 bits per heavy atom. The molecular formula is C23H20BrClN4O2S. The van der Waals surface area contributed by atoms with Gasteiger partial charge in [-0.1, -0.05) is 41.9 Å². The number of nitrogens with zero attached hydrogens (tertiary/aromatic N) is 2. The lowest BCUT2D eigenvalue weighted by Crippen LogP contribution is -2.16. The van der Waals surface area contributed by atoms with E-state index >= 15 is 0 Å². The first-order chi connectivity index (χ1) is 15.5. The summed E-state index contributed by atoms with van der Waals surface area (Å²) >= 11 is 14.9. The van der Waals surface area contributed by atoms with Crippen LogP contribution in [0.4, 0.5) is 0 Å². The SMILES string of the molecule is COc1ccccc1-c1n[nH]c(=S)n1NCc1ccc(OCc2ccc(Cl)cc2)c(Br)c1. The summed E-state index contributed by atoms with van der Waals surface area (Å²) in [5, 5.41) is 7.91. The molecule has 9 heteroatoms. The maximum Gasteiger partial charge on any atom is 0.214 e. The molecule has 0 bridgehead atoms. The number of H-pyrrole nitrogens is 1. The first-order valence-corrected chi connectivity index (χ1v) is 11.3. The molecule has 0 aliphatic carbocycles. The Kier molecular flexibility index (Phi) is 7.14. The summed E-state index contributed by atoms with van der Waals surface area (Å²) in [6.45, 7) is 0.992. The fraction of sp³-hybridized carbons (Fsp3) is 0.130. The number of nitrogens with one attached hydrogen (secondary N) is 2. The number of aromatic amines is 1. The van der Waals surface area contributed by atoms with Crippen molar-refractivity contribution in [2.24, 2.45) is 0 Å². The molecule has 2 N–H and O–H groups in total. The number of aromatic nitrogens is 3. The second-order valence-electron chi connectivity index (χ2n) is 6.90. The third-order valence-corrected chi connectivity index (χ3v) is 5.91. The molecule has 32 heavy (non-hydrogen) atoms. The van der Waals surface area contributed by atoms with Crippen molar-refractivity contribution in [3.63, 3.8) is 0 Å². The number of methoxy groups -OCH3 is 1. The molecule has 0 unspecified atom stereocenters. The Bertz CT molecular complexity index is 1270. The zero-order valence-electron chi connectivity index (χ0n) is 17.1. The maximum absolute atomic E-state index is 5.93. The Morgan fingerprint density at radius 3 is 2.56 bits per heavy atom. The average molecular weight is 532 g/mol. The molecule has 0 saturated carbocycles. The second kappa shape index (κ2) is 10.2. The topological polar surface area (TPSA) is 64.1 Å². The normalized spacial score (nSPS) is 10.7. The van der Waals surface area contributed by atoms with Crippen LogP contribution in [0.15, 0.2) is 71.2 Å². The van der Waals surface area contributed by atoms with E-state index < -0.39 is 0 Å². The van der Waals surface area contributed by atoms with Gasteiger partial charge in [0.2, 0.25) is 4.77 Å². The number of hydrogen-bond acceptors (Lipinski definition) is 5. The van der Waals surface area contributed by atoms with Crippen LogP contribution in [0.1, 0.15) is 11.1 Å². The fourth-order valence-corrected chi connectivity index (χ4v) is 4.00. The molecule has 0 atom stereocenters. The third-order valence-electron chi connectivity index (χ3n) is 4.77. The third kappa shape index (κ3) is 5.15. The number of rotatable bonds is 8. The van der Waals surface area contributed by atoms with Gasteiger partial charge in [0.1, 0.15) is 18.1 Å². The molecule has 1 aromatic heterocycles. The average Bonchev–Trinajstić information content (AvgIpc) is 3.18. The zero-order valence-corrected chi connectivity index (χ0v) is 20.3. The van der Waals surface area contributed by atoms with Gasteiger partial charge < -0.3 is 14.9 Å². The van der Waals surface area contributed by atoms with Gasteiger partial charge in [-0.2, -0.15) is 5.10 Å². The minimum Gasteiger partial charge on any atom is -0.496 e. The summed E-state index contributed by atoms with van der Waals surface area (Å²) < 4.78 is 14.5. The first-order valence-electron chi connectivity index (χ1n) is 9.75. The molecule has 0 fully saturated rings. The van der Waals surface area contributed by atoms with E-state index in [4.69, 9.17) is 33.3 Å². The molecular weight excluding hydrogens is 512 g/mol. The molecule has 6 nitrogen and oxygen atoms in total. The lowest BCUT2D eigenvalue weighted by atomic mass is 10.2. The van der Waals surface area contributed by atoms with E-state index in [-0.39, 0.29) is 0 Å². The van der Waals surface area contributed by atoms with Crippen molar-refractivity contribution in [3.8, 4) is 22.9 Å². The molecule has 1 heterocycles. The molecule has 0 saturated heterocycles. The molecule has 0 aliphatic rings. The van der Waals surface area contributed by atoms with Gasteiger partial charge in [-0.25, -0.2) is 9.77 Å². The highest BCUT2D eigenvalue weighted by molar-refractivity contribution is 9.10. The van der Waals surface area contributed by atoms with E-state index in [1.807, 2.05) is 66.7 Å². The predicted molar refractivity (Wildman–Crippen MR) is 132 cm³/mol. The smallest absolute Gasteiger partial charge is 0.214 e. The number of benzene rings is 3. The van der Waals surface area contributed by atoms with Crippen molar-refractivity contribution >= 4 is 39.7 Å². The maximum atomic E-state index is 5.93. The highest BCUT2D eigenvalue weighted by Crippen LogP contribution is 2.29. The quantitative estimate of drug-likeness (QED) is 0.259. The van der Waals surface area contributed by atoms with E-state index in [9.17, 15) is 0 Å². The largest absolute Gasteiger partial charge is 0.496 e. The van der Waals surface area contributed by atoms with Crippen LogP contribution in [-0.2, 0) is 13.2 Å². The van der Waals surface area contributed by atoms with Crippen LogP contribution >= 0.6 is 39.7 Å². The summed E-state index contributed by atoms with van der Waals surface area (Å²) in [5.74, 6) is 2.13. The van der Waals surface area contributed by atoms with Crippen molar-refractivity contribution in [1.82, 2.24) is 14.9 Å². The van der Waals surface area contributed by atoms with Crippen LogP contribution in [0.25, 0.3) is 11.4 Å². The highest BCUT2D eigenvalue weighted by Gasteiger charge is 2.13. The van der Waals surface area contributed by atoms with E-state index in [2.05, 4.69) is 31.6 Å². The van der Waals surface area contributed by atoms with Gasteiger partial charge in [-0.05, 0) is 75.7 Å². The standard InChI is InChI=1S/C23H20BrClN4O2S/c1-30-20-5-3-2-4-18(20)22-27-28-23(32)29(22)26-13-16-8-11-21(19(24)12-16)31-14-15-6-9-17(25)10-7-15/h2-12,26H,13-14H2,1H3,(H,28,32). The van der Waals surface area contributed by atoms with Crippen molar-refractivity contribution in [2.45, 2.75) is 13.2 Å². The first kappa shape index (κ1) is 22.4. The number of halogens is 2. The highest BCUT2D eigenvalue weighted by atomic mass is 79.9. The van der Waals surface area contributed by atoms with E-state index in [1.165, 1.54) is 0 Å². The second-order valence-corrected chi connectivity index (χ2v) is 8.58. The molecule has 4 aromatic rings. The molecule has 0 aliphatic heterocycles. The monoisotopic (exact) mass is 530 g/mol. The van der Waals surface area contributed by atoms with Gasteiger partial charge in [0.05, 0.1) is 23.7 Å². The van der Waals surface area contributed by atoms with Crippen molar-refractivity contribution < 1.29 is 9.47 Å².